The molecule has 0 spiro atoms. The smallest absolute Gasteiger partial charge is 0.340 e. The Morgan fingerprint density at radius 3 is 2.74 bits per heavy atom. The molecule has 1 aromatic carbocycles. The maximum Gasteiger partial charge on any atom is 0.340 e. The van der Waals surface area contributed by atoms with Crippen molar-refractivity contribution in [3.8, 4) is 11.3 Å². The van der Waals surface area contributed by atoms with Crippen LogP contribution in [0.3, 0.4) is 0 Å². The van der Waals surface area contributed by atoms with E-state index in [1.807, 2.05) is 6.07 Å². The number of carbonyl (C=O) groups is 2. The Morgan fingerprint density at radius 1 is 1.26 bits per heavy atom. The largest absolute Gasteiger partial charge is 0.462 e. The van der Waals surface area contributed by atoms with Crippen molar-refractivity contribution >= 4 is 32.8 Å². The molecule has 0 aliphatic carbocycles. The summed E-state index contributed by atoms with van der Waals surface area (Å²) in [4.78, 5) is 36.2. The number of fused-ring (bicyclic) bond motifs is 1. The van der Waals surface area contributed by atoms with E-state index < -0.39 is 16.0 Å². The van der Waals surface area contributed by atoms with Crippen molar-refractivity contribution in [2.24, 2.45) is 0 Å². The number of aromatic amines is 1. The molecule has 2 aromatic heterocycles. The lowest BCUT2D eigenvalue weighted by atomic mass is 9.99. The van der Waals surface area contributed by atoms with Crippen LogP contribution in [0.4, 0.5) is 0 Å². The highest BCUT2D eigenvalue weighted by Crippen LogP contribution is 2.29. The molecular formula is C21H22N4O5S. The number of hydrogen-bond donors (Lipinski definition) is 2. The fourth-order valence-corrected chi connectivity index (χ4v) is 3.44. The quantitative estimate of drug-likeness (QED) is 0.383. The molecule has 0 radical (unpaired) electrons. The fraction of sp³-hybridized carbons (Fsp3) is 0.238. The van der Waals surface area contributed by atoms with Crippen molar-refractivity contribution in [3.63, 3.8) is 0 Å². The lowest BCUT2D eigenvalue weighted by Crippen LogP contribution is -2.26. The summed E-state index contributed by atoms with van der Waals surface area (Å²) in [6.45, 7) is 5.49. The Morgan fingerprint density at radius 2 is 2.03 bits per heavy atom. The SMILES string of the molecule is C=C(CNS(C)(=O)=O)C(=O)Cc1cccc(-c2ncnc3[nH]cc(C(=O)OCC)c23)c1. The third kappa shape index (κ3) is 5.41. The molecule has 31 heavy (non-hydrogen) atoms. The van der Waals surface area contributed by atoms with Gasteiger partial charge >= 0.3 is 5.97 Å². The minimum atomic E-state index is -3.42. The number of Topliss-reactive ketones (excluding diaryl/α,β-unsaturated/α-hetero) is 1. The third-order valence-electron chi connectivity index (χ3n) is 4.47. The van der Waals surface area contributed by atoms with E-state index in [2.05, 4.69) is 26.3 Å². The van der Waals surface area contributed by atoms with Crippen molar-refractivity contribution < 1.29 is 22.7 Å². The van der Waals surface area contributed by atoms with Gasteiger partial charge in [0.2, 0.25) is 10.0 Å². The first-order valence-electron chi connectivity index (χ1n) is 9.43. The van der Waals surface area contributed by atoms with Crippen LogP contribution in [0.2, 0.25) is 0 Å². The summed E-state index contributed by atoms with van der Waals surface area (Å²) >= 11 is 0. The first-order valence-corrected chi connectivity index (χ1v) is 11.3. The van der Waals surface area contributed by atoms with Crippen LogP contribution >= 0.6 is 0 Å². The number of ether oxygens (including phenoxy) is 1. The Bertz CT molecular complexity index is 1260. The number of nitrogens with one attached hydrogen (secondary N) is 2. The first-order chi connectivity index (χ1) is 14.7. The summed E-state index contributed by atoms with van der Waals surface area (Å²) in [7, 11) is -3.42. The molecule has 0 atom stereocenters. The molecule has 0 aliphatic rings. The van der Waals surface area contributed by atoms with Gasteiger partial charge in [0.15, 0.2) is 5.78 Å². The number of esters is 1. The van der Waals surface area contributed by atoms with Gasteiger partial charge in [-0.25, -0.2) is 27.9 Å². The molecule has 3 aromatic rings. The van der Waals surface area contributed by atoms with Crippen LogP contribution < -0.4 is 4.72 Å². The Kier molecular flexibility index (Phi) is 6.62. The number of carbonyl (C=O) groups excluding carboxylic acids is 2. The van der Waals surface area contributed by atoms with Crippen LogP contribution in [-0.4, -0.2) is 54.5 Å². The second-order valence-corrected chi connectivity index (χ2v) is 8.70. The molecule has 0 aliphatic heterocycles. The highest BCUT2D eigenvalue weighted by Gasteiger charge is 2.19. The van der Waals surface area contributed by atoms with Crippen molar-refractivity contribution in [2.75, 3.05) is 19.4 Å². The number of H-pyrrole nitrogens is 1. The zero-order chi connectivity index (χ0) is 22.6. The lowest BCUT2D eigenvalue weighted by Gasteiger charge is -2.09. The number of hydrogen-bond acceptors (Lipinski definition) is 7. The van der Waals surface area contributed by atoms with Gasteiger partial charge in [-0.3, -0.25) is 4.79 Å². The van der Waals surface area contributed by atoms with Crippen LogP contribution in [0.25, 0.3) is 22.3 Å². The van der Waals surface area contributed by atoms with Crippen molar-refractivity contribution in [3.05, 3.63) is 60.1 Å². The van der Waals surface area contributed by atoms with E-state index in [0.29, 0.717) is 33.4 Å². The van der Waals surface area contributed by atoms with Gasteiger partial charge in [0.05, 0.1) is 29.5 Å². The number of nitrogens with zero attached hydrogens (tertiary/aromatic N) is 2. The minimum absolute atomic E-state index is 0.0458. The predicted molar refractivity (Wildman–Crippen MR) is 116 cm³/mol. The number of ketones is 1. The van der Waals surface area contributed by atoms with E-state index in [-0.39, 0.29) is 30.9 Å². The number of rotatable bonds is 9. The van der Waals surface area contributed by atoms with Gasteiger partial charge in [0.25, 0.3) is 0 Å². The zero-order valence-electron chi connectivity index (χ0n) is 17.1. The summed E-state index contributed by atoms with van der Waals surface area (Å²) < 4.78 is 29.8. The van der Waals surface area contributed by atoms with Gasteiger partial charge in [0.1, 0.15) is 12.0 Å². The lowest BCUT2D eigenvalue weighted by molar-refractivity contribution is -0.115. The summed E-state index contributed by atoms with van der Waals surface area (Å²) in [6, 6.07) is 7.16. The molecule has 0 fully saturated rings. The Labute approximate surface area is 179 Å². The molecule has 0 bridgehead atoms. The van der Waals surface area contributed by atoms with Gasteiger partial charge in [-0.2, -0.15) is 0 Å². The molecule has 162 valence electrons. The molecule has 2 heterocycles. The molecule has 0 saturated carbocycles. The van der Waals surface area contributed by atoms with E-state index in [0.717, 1.165) is 6.26 Å². The molecular weight excluding hydrogens is 420 g/mol. The predicted octanol–water partition coefficient (Wildman–Crippen LogP) is 2.02. The first kappa shape index (κ1) is 22.3. The molecule has 3 rings (SSSR count). The van der Waals surface area contributed by atoms with Gasteiger partial charge in [-0.1, -0.05) is 24.8 Å². The average molecular weight is 442 g/mol. The molecule has 9 nitrogen and oxygen atoms in total. The van der Waals surface area contributed by atoms with E-state index in [9.17, 15) is 18.0 Å². The maximum absolute atomic E-state index is 12.4. The Hall–Kier alpha value is -3.37. The van der Waals surface area contributed by atoms with Crippen LogP contribution in [0.5, 0.6) is 0 Å². The zero-order valence-corrected chi connectivity index (χ0v) is 18.0. The van der Waals surface area contributed by atoms with Crippen molar-refractivity contribution in [2.45, 2.75) is 13.3 Å². The average Bonchev–Trinajstić information content (AvgIpc) is 3.16. The van der Waals surface area contributed by atoms with E-state index in [1.165, 1.54) is 12.5 Å². The van der Waals surface area contributed by atoms with Gasteiger partial charge in [-0.05, 0) is 18.6 Å². The minimum Gasteiger partial charge on any atom is -0.462 e. The van der Waals surface area contributed by atoms with Gasteiger partial charge in [0, 0.05) is 30.3 Å². The van der Waals surface area contributed by atoms with E-state index >= 15 is 0 Å². The molecule has 2 N–H and O–H groups in total. The van der Waals surface area contributed by atoms with Gasteiger partial charge < -0.3 is 9.72 Å². The Balaban J connectivity index is 1.89. The van der Waals surface area contributed by atoms with Crippen molar-refractivity contribution in [1.29, 1.82) is 0 Å². The maximum atomic E-state index is 12.4. The summed E-state index contributed by atoms with van der Waals surface area (Å²) in [5, 5.41) is 0.534. The monoisotopic (exact) mass is 442 g/mol. The summed E-state index contributed by atoms with van der Waals surface area (Å²) in [5.41, 5.74) is 2.91. The van der Waals surface area contributed by atoms with Crippen molar-refractivity contribution in [1.82, 2.24) is 19.7 Å². The molecule has 0 saturated heterocycles. The van der Waals surface area contributed by atoms with Gasteiger partial charge in [-0.15, -0.1) is 0 Å². The fourth-order valence-electron chi connectivity index (χ4n) is 3.01. The molecule has 0 amide bonds. The normalized spacial score (nSPS) is 11.4. The number of aromatic nitrogens is 3. The second-order valence-electron chi connectivity index (χ2n) is 6.87. The van der Waals surface area contributed by atoms with Crippen LogP contribution in [0.1, 0.15) is 22.8 Å². The van der Waals surface area contributed by atoms with Crippen LogP contribution in [-0.2, 0) is 26.0 Å². The van der Waals surface area contributed by atoms with E-state index in [1.54, 1.807) is 25.1 Å². The molecule has 10 heteroatoms. The molecule has 0 unspecified atom stereocenters. The highest BCUT2D eigenvalue weighted by molar-refractivity contribution is 7.88. The standard InChI is InChI=1S/C21H22N4O5S/c1-4-30-21(27)16-11-22-20-18(16)19(23-12-24-20)15-7-5-6-14(8-15)9-17(26)13(2)10-25-31(3,28)29/h5-8,11-12,25H,2,4,9-10H2,1,3H3,(H,22,23,24). The van der Waals surface area contributed by atoms with E-state index in [4.69, 9.17) is 4.74 Å². The topological polar surface area (TPSA) is 131 Å². The summed E-state index contributed by atoms with van der Waals surface area (Å²) in [5.74, 6) is -0.763. The third-order valence-corrected chi connectivity index (χ3v) is 5.14. The summed E-state index contributed by atoms with van der Waals surface area (Å²) in [6.07, 6.45) is 3.99. The highest BCUT2D eigenvalue weighted by atomic mass is 32.2. The number of sulfonamides is 1. The van der Waals surface area contributed by atoms with Crippen LogP contribution in [0, 0.1) is 0 Å². The second kappa shape index (κ2) is 9.19. The van der Waals surface area contributed by atoms with Crippen LogP contribution in [0.15, 0.2) is 48.9 Å². The number of benzene rings is 1.